The number of halogens is 2. The lowest BCUT2D eigenvalue weighted by Gasteiger charge is -2.09. The Morgan fingerprint density at radius 1 is 0.929 bits per heavy atom. The first kappa shape index (κ1) is 19.3. The van der Waals surface area contributed by atoms with Gasteiger partial charge in [0, 0.05) is 6.42 Å². The van der Waals surface area contributed by atoms with Crippen LogP contribution >= 0.6 is 0 Å². The summed E-state index contributed by atoms with van der Waals surface area (Å²) in [7, 11) is 0. The Labute approximate surface area is 162 Å². The molecule has 0 aliphatic carbocycles. The summed E-state index contributed by atoms with van der Waals surface area (Å²) in [6, 6.07) is 17.3. The largest absolute Gasteiger partial charge is 0.420 e. The number of aryl methyl sites for hydroxylation is 2. The van der Waals surface area contributed by atoms with Crippen molar-refractivity contribution in [3.63, 3.8) is 0 Å². The van der Waals surface area contributed by atoms with Gasteiger partial charge in [0.15, 0.2) is 11.6 Å². The van der Waals surface area contributed by atoms with E-state index in [1.54, 1.807) is 24.3 Å². The topological polar surface area (TPSA) is 26.3 Å². The quantitative estimate of drug-likeness (QED) is 0.323. The molecule has 140 valence electrons. The standard InChI is InChI=1S/C24H18F2O2/c1-3-4-5-19-14-15-21(23(26)22(19)25)28-24(27)20-12-10-18(11-13-20)17-8-6-16(2)7-9-17/h1,6-15H,4-5H2,2H3. The number of rotatable bonds is 5. The predicted molar refractivity (Wildman–Crippen MR) is 105 cm³/mol. The Morgan fingerprint density at radius 2 is 1.54 bits per heavy atom. The maximum absolute atomic E-state index is 14.2. The van der Waals surface area contributed by atoms with Crippen LogP contribution in [0.25, 0.3) is 11.1 Å². The minimum atomic E-state index is -1.20. The molecule has 0 spiro atoms. The van der Waals surface area contributed by atoms with E-state index >= 15 is 0 Å². The molecule has 0 aliphatic heterocycles. The van der Waals surface area contributed by atoms with Crippen LogP contribution in [0.15, 0.2) is 60.7 Å². The molecule has 0 N–H and O–H groups in total. The molecule has 0 saturated carbocycles. The van der Waals surface area contributed by atoms with E-state index in [1.165, 1.54) is 12.1 Å². The minimum absolute atomic E-state index is 0.151. The Hall–Kier alpha value is -3.45. The van der Waals surface area contributed by atoms with Gasteiger partial charge in [-0.2, -0.15) is 4.39 Å². The van der Waals surface area contributed by atoms with Crippen molar-refractivity contribution in [2.24, 2.45) is 0 Å². The van der Waals surface area contributed by atoms with Crippen LogP contribution in [0.3, 0.4) is 0 Å². The molecule has 28 heavy (non-hydrogen) atoms. The number of ether oxygens (including phenoxy) is 1. The molecule has 2 nitrogen and oxygen atoms in total. The molecule has 4 heteroatoms. The van der Waals surface area contributed by atoms with Gasteiger partial charge in [0.05, 0.1) is 5.56 Å². The highest BCUT2D eigenvalue weighted by Gasteiger charge is 2.17. The first-order valence-electron chi connectivity index (χ1n) is 8.79. The average molecular weight is 376 g/mol. The second kappa shape index (κ2) is 8.49. The fourth-order valence-corrected chi connectivity index (χ4v) is 2.75. The van der Waals surface area contributed by atoms with Crippen LogP contribution in [0, 0.1) is 30.9 Å². The summed E-state index contributed by atoms with van der Waals surface area (Å²) in [5, 5.41) is 0. The fraction of sp³-hybridized carbons (Fsp3) is 0.125. The molecule has 3 aromatic rings. The lowest BCUT2D eigenvalue weighted by atomic mass is 10.0. The number of carbonyl (C=O) groups excluding carboxylic acids is 1. The van der Waals surface area contributed by atoms with Crippen molar-refractivity contribution < 1.29 is 18.3 Å². The Morgan fingerprint density at radius 3 is 2.14 bits per heavy atom. The lowest BCUT2D eigenvalue weighted by Crippen LogP contribution is -2.10. The summed E-state index contributed by atoms with van der Waals surface area (Å²) in [6.07, 6.45) is 5.65. The zero-order valence-corrected chi connectivity index (χ0v) is 15.3. The summed E-state index contributed by atoms with van der Waals surface area (Å²) < 4.78 is 33.3. The molecule has 0 heterocycles. The van der Waals surface area contributed by atoms with Gasteiger partial charge in [-0.25, -0.2) is 9.18 Å². The van der Waals surface area contributed by atoms with Gasteiger partial charge in [-0.15, -0.1) is 12.3 Å². The summed E-state index contributed by atoms with van der Waals surface area (Å²) >= 11 is 0. The number of hydrogen-bond acceptors (Lipinski definition) is 2. The fourth-order valence-electron chi connectivity index (χ4n) is 2.75. The molecule has 0 aromatic heterocycles. The van der Waals surface area contributed by atoms with Crippen molar-refractivity contribution in [3.05, 3.63) is 89.0 Å². The second-order valence-corrected chi connectivity index (χ2v) is 6.39. The zero-order valence-electron chi connectivity index (χ0n) is 15.3. The highest BCUT2D eigenvalue weighted by atomic mass is 19.2. The van der Waals surface area contributed by atoms with Gasteiger partial charge in [0.25, 0.3) is 0 Å². The average Bonchev–Trinajstić information content (AvgIpc) is 2.71. The third-order valence-electron chi connectivity index (χ3n) is 4.37. The maximum atomic E-state index is 14.2. The first-order chi connectivity index (χ1) is 13.5. The highest BCUT2D eigenvalue weighted by molar-refractivity contribution is 5.91. The van der Waals surface area contributed by atoms with Crippen molar-refractivity contribution in [2.75, 3.05) is 0 Å². The van der Waals surface area contributed by atoms with E-state index in [4.69, 9.17) is 11.2 Å². The van der Waals surface area contributed by atoms with Crippen LogP contribution in [0.4, 0.5) is 8.78 Å². The van der Waals surface area contributed by atoms with Gasteiger partial charge >= 0.3 is 5.97 Å². The molecule has 0 atom stereocenters. The number of hydrogen-bond donors (Lipinski definition) is 0. The Bertz CT molecular complexity index is 1030. The smallest absolute Gasteiger partial charge is 0.343 e. The van der Waals surface area contributed by atoms with E-state index in [-0.39, 0.29) is 17.5 Å². The molecule has 0 unspecified atom stereocenters. The Balaban J connectivity index is 1.75. The third kappa shape index (κ3) is 4.27. The van der Waals surface area contributed by atoms with Crippen molar-refractivity contribution in [1.29, 1.82) is 0 Å². The van der Waals surface area contributed by atoms with Crippen LogP contribution < -0.4 is 4.74 Å². The second-order valence-electron chi connectivity index (χ2n) is 6.39. The number of carbonyl (C=O) groups is 1. The van der Waals surface area contributed by atoms with Crippen LogP contribution in [-0.2, 0) is 6.42 Å². The van der Waals surface area contributed by atoms with Crippen molar-refractivity contribution in [3.8, 4) is 29.2 Å². The SMILES string of the molecule is C#CCCc1ccc(OC(=O)c2ccc(-c3ccc(C)cc3)cc2)c(F)c1F. The predicted octanol–water partition coefficient (Wildman–Crippen LogP) is 5.73. The van der Waals surface area contributed by atoms with Gasteiger partial charge in [0.1, 0.15) is 0 Å². The van der Waals surface area contributed by atoms with Gasteiger partial charge in [-0.3, -0.25) is 0 Å². The molecule has 0 amide bonds. The van der Waals surface area contributed by atoms with Crippen molar-refractivity contribution >= 4 is 5.97 Å². The van der Waals surface area contributed by atoms with Crippen molar-refractivity contribution in [2.45, 2.75) is 19.8 Å². The Kier molecular flexibility index (Phi) is 5.86. The van der Waals surface area contributed by atoms with E-state index in [0.29, 0.717) is 6.42 Å². The zero-order chi connectivity index (χ0) is 20.1. The van der Waals surface area contributed by atoms with Gasteiger partial charge in [-0.05, 0) is 48.2 Å². The normalized spacial score (nSPS) is 10.4. The molecule has 0 radical (unpaired) electrons. The summed E-state index contributed by atoms with van der Waals surface area (Å²) in [6.45, 7) is 2.01. The van der Waals surface area contributed by atoms with Crippen LogP contribution in [0.5, 0.6) is 5.75 Å². The molecular formula is C24H18F2O2. The van der Waals surface area contributed by atoms with Crippen molar-refractivity contribution in [1.82, 2.24) is 0 Å². The van der Waals surface area contributed by atoms with Crippen LogP contribution in [-0.4, -0.2) is 5.97 Å². The van der Waals surface area contributed by atoms with Gasteiger partial charge < -0.3 is 4.74 Å². The number of terminal acetylenes is 1. The highest BCUT2D eigenvalue weighted by Crippen LogP contribution is 2.25. The maximum Gasteiger partial charge on any atom is 0.343 e. The van der Waals surface area contributed by atoms with Gasteiger partial charge in [0.2, 0.25) is 5.82 Å². The third-order valence-corrected chi connectivity index (χ3v) is 4.37. The van der Waals surface area contributed by atoms with E-state index < -0.39 is 23.4 Å². The minimum Gasteiger partial charge on any atom is -0.420 e. The van der Waals surface area contributed by atoms with Gasteiger partial charge in [-0.1, -0.05) is 48.0 Å². The van der Waals surface area contributed by atoms with E-state index in [2.05, 4.69) is 5.92 Å². The number of benzene rings is 3. The number of esters is 1. The van der Waals surface area contributed by atoms with Crippen LogP contribution in [0.2, 0.25) is 0 Å². The molecule has 0 aliphatic rings. The lowest BCUT2D eigenvalue weighted by molar-refractivity contribution is 0.0726. The molecule has 3 rings (SSSR count). The first-order valence-corrected chi connectivity index (χ1v) is 8.79. The molecular weight excluding hydrogens is 358 g/mol. The molecule has 0 fully saturated rings. The molecule has 3 aromatic carbocycles. The molecule has 0 bridgehead atoms. The van der Waals surface area contributed by atoms with Crippen LogP contribution in [0.1, 0.15) is 27.9 Å². The van der Waals surface area contributed by atoms with E-state index in [0.717, 1.165) is 16.7 Å². The molecule has 0 saturated heterocycles. The summed E-state index contributed by atoms with van der Waals surface area (Å²) in [5.41, 5.74) is 3.50. The van der Waals surface area contributed by atoms with E-state index in [1.807, 2.05) is 31.2 Å². The summed E-state index contributed by atoms with van der Waals surface area (Å²) in [4.78, 5) is 12.3. The summed E-state index contributed by atoms with van der Waals surface area (Å²) in [5.74, 6) is -1.07. The van der Waals surface area contributed by atoms with E-state index in [9.17, 15) is 13.6 Å². The monoisotopic (exact) mass is 376 g/mol.